The van der Waals surface area contributed by atoms with Crippen molar-refractivity contribution in [2.45, 2.75) is 13.3 Å². The molecule has 90 valence electrons. The summed E-state index contributed by atoms with van der Waals surface area (Å²) in [7, 11) is 1.92. The molecule has 1 heterocycles. The highest BCUT2D eigenvalue weighted by molar-refractivity contribution is 9.10. The van der Waals surface area contributed by atoms with Gasteiger partial charge in [-0.15, -0.1) is 0 Å². The number of aromatic nitrogens is 2. The van der Waals surface area contributed by atoms with Crippen LogP contribution in [0.1, 0.15) is 12.6 Å². The van der Waals surface area contributed by atoms with Crippen molar-refractivity contribution in [2.24, 2.45) is 7.05 Å². The van der Waals surface area contributed by atoms with E-state index in [0.29, 0.717) is 10.0 Å². The van der Waals surface area contributed by atoms with Crippen molar-refractivity contribution < 1.29 is 0 Å². The first-order chi connectivity index (χ1) is 8.04. The molecule has 2 aromatic rings. The average Bonchev–Trinajstić information content (AvgIpc) is 2.57. The molecule has 0 unspecified atom stereocenters. The molecule has 0 amide bonds. The summed E-state index contributed by atoms with van der Waals surface area (Å²) in [6.45, 7) is 2.09. The third-order valence-corrected chi connectivity index (χ3v) is 4.02. The van der Waals surface area contributed by atoms with Crippen molar-refractivity contribution in [1.29, 1.82) is 0 Å². The van der Waals surface area contributed by atoms with Gasteiger partial charge in [-0.2, -0.15) is 5.10 Å². The summed E-state index contributed by atoms with van der Waals surface area (Å²) in [5, 5.41) is 5.78. The Labute approximate surface area is 119 Å². The van der Waals surface area contributed by atoms with E-state index in [4.69, 9.17) is 23.2 Å². The molecule has 0 radical (unpaired) electrons. The molecule has 0 fully saturated rings. The van der Waals surface area contributed by atoms with Gasteiger partial charge in [-0.05, 0) is 40.5 Å². The second-order valence-electron chi connectivity index (χ2n) is 3.71. The van der Waals surface area contributed by atoms with Crippen molar-refractivity contribution in [3.8, 4) is 11.3 Å². The lowest BCUT2D eigenvalue weighted by atomic mass is 10.1. The number of aryl methyl sites for hydroxylation is 1. The van der Waals surface area contributed by atoms with Crippen molar-refractivity contribution in [2.75, 3.05) is 0 Å². The molecule has 1 aromatic carbocycles. The van der Waals surface area contributed by atoms with Crippen LogP contribution in [-0.4, -0.2) is 9.78 Å². The largest absolute Gasteiger partial charge is 0.271 e. The van der Waals surface area contributed by atoms with Crippen molar-refractivity contribution in [1.82, 2.24) is 9.78 Å². The molecule has 5 heteroatoms. The Kier molecular flexibility index (Phi) is 3.81. The summed E-state index contributed by atoms with van der Waals surface area (Å²) in [5.74, 6) is 0. The Morgan fingerprint density at radius 2 is 2.06 bits per heavy atom. The SMILES string of the molecule is CCc1c(Br)c(-c2cc(Cl)ccc2Cl)nn1C. The first-order valence-electron chi connectivity index (χ1n) is 5.21. The van der Waals surface area contributed by atoms with E-state index in [0.717, 1.165) is 27.8 Å². The van der Waals surface area contributed by atoms with Crippen LogP contribution >= 0.6 is 39.1 Å². The van der Waals surface area contributed by atoms with Gasteiger partial charge in [-0.3, -0.25) is 4.68 Å². The molecule has 0 atom stereocenters. The predicted octanol–water partition coefficient (Wildman–Crippen LogP) is 4.72. The van der Waals surface area contributed by atoms with Crippen LogP contribution in [0, 0.1) is 0 Å². The van der Waals surface area contributed by atoms with E-state index < -0.39 is 0 Å². The third-order valence-electron chi connectivity index (χ3n) is 2.62. The third kappa shape index (κ3) is 2.37. The first-order valence-corrected chi connectivity index (χ1v) is 6.76. The van der Waals surface area contributed by atoms with Gasteiger partial charge in [0.25, 0.3) is 0 Å². The van der Waals surface area contributed by atoms with Crippen LogP contribution in [0.5, 0.6) is 0 Å². The lowest BCUT2D eigenvalue weighted by Crippen LogP contribution is -1.96. The molecule has 0 spiro atoms. The molecule has 1 aromatic heterocycles. The van der Waals surface area contributed by atoms with Crippen LogP contribution < -0.4 is 0 Å². The maximum atomic E-state index is 6.18. The van der Waals surface area contributed by atoms with Crippen molar-refractivity contribution >= 4 is 39.1 Å². The second kappa shape index (κ2) is 5.01. The highest BCUT2D eigenvalue weighted by Crippen LogP contribution is 2.36. The number of nitrogens with zero attached hydrogens (tertiary/aromatic N) is 2. The minimum absolute atomic E-state index is 0.649. The van der Waals surface area contributed by atoms with Crippen molar-refractivity contribution in [3.63, 3.8) is 0 Å². The zero-order valence-electron chi connectivity index (χ0n) is 9.47. The predicted molar refractivity (Wildman–Crippen MR) is 75.7 cm³/mol. The topological polar surface area (TPSA) is 17.8 Å². The smallest absolute Gasteiger partial charge is 0.108 e. The van der Waals surface area contributed by atoms with Crippen LogP contribution in [0.15, 0.2) is 22.7 Å². The molecule has 0 aliphatic heterocycles. The van der Waals surface area contributed by atoms with E-state index in [9.17, 15) is 0 Å². The molecule has 2 rings (SSSR count). The van der Waals surface area contributed by atoms with Gasteiger partial charge in [0.1, 0.15) is 5.69 Å². The summed E-state index contributed by atoms with van der Waals surface area (Å²) in [6, 6.07) is 5.38. The van der Waals surface area contributed by atoms with Gasteiger partial charge in [0.15, 0.2) is 0 Å². The van der Waals surface area contributed by atoms with E-state index in [1.54, 1.807) is 12.1 Å². The number of hydrogen-bond donors (Lipinski definition) is 0. The van der Waals surface area contributed by atoms with E-state index in [1.807, 2.05) is 17.8 Å². The normalized spacial score (nSPS) is 10.9. The fourth-order valence-electron chi connectivity index (χ4n) is 1.77. The van der Waals surface area contributed by atoms with Crippen LogP contribution in [0.2, 0.25) is 10.0 Å². The summed E-state index contributed by atoms with van der Waals surface area (Å²) < 4.78 is 2.84. The number of rotatable bonds is 2. The highest BCUT2D eigenvalue weighted by Gasteiger charge is 2.16. The molecule has 17 heavy (non-hydrogen) atoms. The number of benzene rings is 1. The molecule has 0 saturated heterocycles. The van der Waals surface area contributed by atoms with Gasteiger partial charge in [0.05, 0.1) is 15.2 Å². The Morgan fingerprint density at radius 1 is 1.35 bits per heavy atom. The Balaban J connectivity index is 2.64. The summed E-state index contributed by atoms with van der Waals surface area (Å²) in [4.78, 5) is 0. The Hall–Kier alpha value is -0.510. The maximum absolute atomic E-state index is 6.18. The van der Waals surface area contributed by atoms with Gasteiger partial charge in [-0.25, -0.2) is 0 Å². The van der Waals surface area contributed by atoms with E-state index in [-0.39, 0.29) is 0 Å². The lowest BCUT2D eigenvalue weighted by molar-refractivity contribution is 0.719. The zero-order chi connectivity index (χ0) is 12.6. The molecule has 0 aliphatic rings. The van der Waals surface area contributed by atoms with E-state index in [1.165, 1.54) is 0 Å². The quantitative estimate of drug-likeness (QED) is 0.777. The average molecular weight is 334 g/mol. The van der Waals surface area contributed by atoms with Crippen LogP contribution in [0.25, 0.3) is 11.3 Å². The molecule has 0 aliphatic carbocycles. The van der Waals surface area contributed by atoms with E-state index in [2.05, 4.69) is 28.0 Å². The Bertz CT molecular complexity index is 564. The summed E-state index contributed by atoms with van der Waals surface area (Å²) in [5.41, 5.74) is 2.81. The second-order valence-corrected chi connectivity index (χ2v) is 5.35. The number of hydrogen-bond acceptors (Lipinski definition) is 1. The first kappa shape index (κ1) is 12.9. The van der Waals surface area contributed by atoms with Gasteiger partial charge in [0.2, 0.25) is 0 Å². The molecule has 0 N–H and O–H groups in total. The van der Waals surface area contributed by atoms with Crippen LogP contribution in [0.4, 0.5) is 0 Å². The highest BCUT2D eigenvalue weighted by atomic mass is 79.9. The van der Waals surface area contributed by atoms with E-state index >= 15 is 0 Å². The molecular formula is C12H11BrCl2N2. The standard InChI is InChI=1S/C12H11BrCl2N2/c1-3-10-11(13)12(16-17(10)2)8-6-7(14)4-5-9(8)15/h4-6H,3H2,1-2H3. The van der Waals surface area contributed by atoms with Gasteiger partial charge >= 0.3 is 0 Å². The minimum atomic E-state index is 0.649. The van der Waals surface area contributed by atoms with Gasteiger partial charge in [0, 0.05) is 17.6 Å². The molecule has 0 saturated carbocycles. The van der Waals surface area contributed by atoms with Crippen LogP contribution in [-0.2, 0) is 13.5 Å². The van der Waals surface area contributed by atoms with Crippen molar-refractivity contribution in [3.05, 3.63) is 38.4 Å². The fraction of sp³-hybridized carbons (Fsp3) is 0.250. The molecular weight excluding hydrogens is 323 g/mol. The monoisotopic (exact) mass is 332 g/mol. The zero-order valence-corrected chi connectivity index (χ0v) is 12.6. The summed E-state index contributed by atoms with van der Waals surface area (Å²) in [6.07, 6.45) is 0.905. The minimum Gasteiger partial charge on any atom is -0.271 e. The Morgan fingerprint density at radius 3 is 2.65 bits per heavy atom. The summed E-state index contributed by atoms with van der Waals surface area (Å²) >= 11 is 15.7. The van der Waals surface area contributed by atoms with Gasteiger partial charge in [-0.1, -0.05) is 30.1 Å². The fourth-order valence-corrected chi connectivity index (χ4v) is 2.98. The lowest BCUT2D eigenvalue weighted by Gasteiger charge is -2.02. The maximum Gasteiger partial charge on any atom is 0.108 e. The molecule has 2 nitrogen and oxygen atoms in total. The molecule has 0 bridgehead atoms. The number of halogens is 3. The van der Waals surface area contributed by atoms with Crippen LogP contribution in [0.3, 0.4) is 0 Å². The van der Waals surface area contributed by atoms with Gasteiger partial charge < -0.3 is 0 Å².